The zero-order chi connectivity index (χ0) is 40.8. The first-order valence-corrected chi connectivity index (χ1v) is 20.9. The van der Waals surface area contributed by atoms with Gasteiger partial charge in [-0.1, -0.05) is 62.4 Å². The van der Waals surface area contributed by atoms with Crippen LogP contribution in [-0.2, 0) is 19.7 Å². The predicted molar refractivity (Wildman–Crippen MR) is 234 cm³/mol. The maximum atomic E-state index is 11.7. The van der Waals surface area contributed by atoms with Crippen LogP contribution in [0.25, 0.3) is 53.6 Å². The van der Waals surface area contributed by atoms with E-state index in [0.29, 0.717) is 29.6 Å². The maximum absolute atomic E-state index is 11.7. The number of aliphatic carboxylic acids is 1. The normalized spacial score (nSPS) is 13.9. The highest BCUT2D eigenvalue weighted by Crippen LogP contribution is 2.54. The van der Waals surface area contributed by atoms with Crippen LogP contribution in [0.3, 0.4) is 0 Å². The van der Waals surface area contributed by atoms with Crippen molar-refractivity contribution in [1.29, 1.82) is 10.5 Å². The average Bonchev–Trinajstić information content (AvgIpc) is 4.03. The van der Waals surface area contributed by atoms with E-state index in [1.165, 1.54) is 51.0 Å². The van der Waals surface area contributed by atoms with Gasteiger partial charge in [0.05, 0.1) is 9.75 Å². The van der Waals surface area contributed by atoms with Crippen LogP contribution in [0.1, 0.15) is 34.7 Å². The summed E-state index contributed by atoms with van der Waals surface area (Å²) >= 11 is 4.44. The Balaban J connectivity index is 1.13. The molecule has 9 rings (SSSR count). The van der Waals surface area contributed by atoms with Crippen LogP contribution in [0.4, 0.5) is 17.1 Å². The van der Waals surface area contributed by atoms with E-state index >= 15 is 0 Å². The minimum absolute atomic E-state index is 0.0706. The first-order chi connectivity index (χ1) is 28.7. The predicted octanol–water partition coefficient (Wildman–Crippen LogP) is 11.9. The molecule has 1 aliphatic carbocycles. The molecule has 0 bridgehead atoms. The van der Waals surface area contributed by atoms with Gasteiger partial charge in [0, 0.05) is 47.9 Å². The summed E-state index contributed by atoms with van der Waals surface area (Å²) in [5.74, 6) is -0.365. The molecule has 0 spiro atoms. The van der Waals surface area contributed by atoms with Crippen molar-refractivity contribution < 1.29 is 28.9 Å². The van der Waals surface area contributed by atoms with E-state index in [1.807, 2.05) is 18.2 Å². The lowest BCUT2D eigenvalue weighted by molar-refractivity contribution is -0.132. The lowest BCUT2D eigenvalue weighted by Crippen LogP contribution is -2.16. The fraction of sp³-hybridized carbons (Fsp3) is 0.106. The molecule has 0 atom stereocenters. The standard InChI is InChI=1S/C47H31N3O6S3/c1-47(2)37-6-4-3-5-35(37)36-15-13-31(21-38(36)47)50(30-10-7-27(8-11-30)39-16-14-34(57-39)23-33(25-49)56-26-51)32-12-9-28-19-42(58-40(28)22-32)45-44-43(54-17-18-55-44)41(59-45)20-29(24-48)46(52)53/h3-16,19-23,26H,17-18H2,1-2H3,(H,52,53)/b29-20+,33-23+. The smallest absolute Gasteiger partial charge is 0.346 e. The zero-order valence-corrected chi connectivity index (χ0v) is 34.0. The molecule has 4 heterocycles. The number of carboxylic acid groups (broad SMARTS) is 1. The highest BCUT2D eigenvalue weighted by atomic mass is 32.1. The van der Waals surface area contributed by atoms with Crippen molar-refractivity contribution in [3.8, 4) is 55.0 Å². The van der Waals surface area contributed by atoms with Crippen molar-refractivity contribution in [2.45, 2.75) is 19.3 Å². The molecule has 12 heteroatoms. The van der Waals surface area contributed by atoms with Gasteiger partial charge in [-0.05, 0) is 93.9 Å². The van der Waals surface area contributed by atoms with Crippen molar-refractivity contribution in [3.05, 3.63) is 135 Å². The number of carboxylic acids is 1. The molecule has 1 N–H and O–H groups in total. The number of nitrogens with zero attached hydrogens (tertiary/aromatic N) is 3. The minimum Gasteiger partial charge on any atom is -0.485 e. The minimum atomic E-state index is -1.30. The molecule has 2 aliphatic rings. The summed E-state index contributed by atoms with van der Waals surface area (Å²) in [6, 6.07) is 39.7. The summed E-state index contributed by atoms with van der Waals surface area (Å²) in [7, 11) is 0. The lowest BCUT2D eigenvalue weighted by atomic mass is 9.82. The number of ether oxygens (including phenoxy) is 3. The third-order valence-electron chi connectivity index (χ3n) is 10.5. The number of allylic oxidation sites excluding steroid dienone is 1. The number of hydrogen-bond acceptors (Lipinski definition) is 11. The highest BCUT2D eigenvalue weighted by molar-refractivity contribution is 7.26. The number of rotatable bonds is 10. The van der Waals surface area contributed by atoms with Gasteiger partial charge in [-0.2, -0.15) is 10.5 Å². The molecule has 59 heavy (non-hydrogen) atoms. The number of nitriles is 2. The third kappa shape index (κ3) is 6.73. The molecule has 1 aliphatic heterocycles. The van der Waals surface area contributed by atoms with Crippen molar-refractivity contribution in [2.75, 3.05) is 18.1 Å². The monoisotopic (exact) mass is 829 g/mol. The van der Waals surface area contributed by atoms with Gasteiger partial charge in [-0.25, -0.2) is 4.79 Å². The third-order valence-corrected chi connectivity index (χ3v) is 13.9. The molecule has 0 fully saturated rings. The lowest BCUT2D eigenvalue weighted by Gasteiger charge is -2.28. The average molecular weight is 830 g/mol. The van der Waals surface area contributed by atoms with Crippen molar-refractivity contribution in [3.63, 3.8) is 0 Å². The van der Waals surface area contributed by atoms with E-state index in [4.69, 9.17) is 14.2 Å². The Morgan fingerprint density at radius 3 is 2.27 bits per heavy atom. The summed E-state index contributed by atoms with van der Waals surface area (Å²) in [5, 5.41) is 29.3. The maximum Gasteiger partial charge on any atom is 0.346 e. The van der Waals surface area contributed by atoms with Gasteiger partial charge in [-0.3, -0.25) is 4.79 Å². The van der Waals surface area contributed by atoms with Gasteiger partial charge in [0.15, 0.2) is 11.5 Å². The molecule has 0 saturated heterocycles. The largest absolute Gasteiger partial charge is 0.485 e. The van der Waals surface area contributed by atoms with E-state index in [9.17, 15) is 25.2 Å². The van der Waals surface area contributed by atoms with E-state index in [1.54, 1.807) is 23.5 Å². The molecule has 0 unspecified atom stereocenters. The molecule has 0 saturated carbocycles. The Hall–Kier alpha value is -6.96. The summed E-state index contributed by atoms with van der Waals surface area (Å²) in [6.07, 6.45) is 2.89. The summed E-state index contributed by atoms with van der Waals surface area (Å²) in [4.78, 5) is 28.8. The van der Waals surface area contributed by atoms with Crippen molar-refractivity contribution >= 4 is 85.8 Å². The van der Waals surface area contributed by atoms with Gasteiger partial charge >= 0.3 is 5.97 Å². The van der Waals surface area contributed by atoms with Gasteiger partial charge < -0.3 is 24.2 Å². The van der Waals surface area contributed by atoms with Crippen LogP contribution in [0.5, 0.6) is 11.5 Å². The number of hydrogen-bond donors (Lipinski definition) is 1. The second-order valence-electron chi connectivity index (χ2n) is 14.3. The van der Waals surface area contributed by atoms with E-state index in [0.717, 1.165) is 52.2 Å². The number of carbonyl (C=O) groups excluding carboxylic acids is 1. The van der Waals surface area contributed by atoms with Crippen LogP contribution in [0.2, 0.25) is 0 Å². The quantitative estimate of drug-likeness (QED) is 0.0619. The Morgan fingerprint density at radius 2 is 1.51 bits per heavy atom. The number of benzene rings is 4. The van der Waals surface area contributed by atoms with Crippen molar-refractivity contribution in [2.24, 2.45) is 0 Å². The van der Waals surface area contributed by atoms with Crippen molar-refractivity contribution in [1.82, 2.24) is 0 Å². The highest BCUT2D eigenvalue weighted by Gasteiger charge is 2.36. The summed E-state index contributed by atoms with van der Waals surface area (Å²) in [5.41, 5.74) is 8.40. The summed E-state index contributed by atoms with van der Waals surface area (Å²) < 4.78 is 17.8. The number of anilines is 3. The molecule has 288 valence electrons. The Bertz CT molecular complexity index is 2990. The zero-order valence-electron chi connectivity index (χ0n) is 31.5. The van der Waals surface area contributed by atoms with Crippen LogP contribution < -0.4 is 14.4 Å². The molecular weight excluding hydrogens is 799 g/mol. The van der Waals surface area contributed by atoms with Gasteiger partial charge in [0.25, 0.3) is 6.47 Å². The van der Waals surface area contributed by atoms with Crippen LogP contribution in [-0.4, -0.2) is 30.8 Å². The molecular formula is C47H31N3O6S3. The SMILES string of the molecule is CC1(C)c2ccccc2-c2ccc(N(c3ccc(-c4ccc(/C=C(\C#N)OC=O)s4)cc3)c3ccc4cc(-c5sc(/C=C(\C#N)C(=O)O)c6c5OCCO6)sc4c3)cc21. The van der Waals surface area contributed by atoms with Crippen LogP contribution >= 0.6 is 34.0 Å². The first-order valence-electron chi connectivity index (χ1n) is 18.4. The Labute approximate surface area is 351 Å². The molecule has 4 aromatic carbocycles. The molecule has 7 aromatic rings. The molecule has 0 amide bonds. The Kier molecular flexibility index (Phi) is 9.62. The second-order valence-corrected chi connectivity index (χ2v) is 17.5. The fourth-order valence-corrected chi connectivity index (χ4v) is 11.0. The van der Waals surface area contributed by atoms with E-state index in [2.05, 4.69) is 110 Å². The fourth-order valence-electron chi connectivity index (χ4n) is 7.69. The number of carbonyl (C=O) groups is 2. The molecule has 9 nitrogen and oxygen atoms in total. The van der Waals surface area contributed by atoms with Crippen LogP contribution in [0, 0.1) is 22.7 Å². The Morgan fingerprint density at radius 1 is 0.780 bits per heavy atom. The van der Waals surface area contributed by atoms with Crippen LogP contribution in [0.15, 0.2) is 114 Å². The van der Waals surface area contributed by atoms with Gasteiger partial charge in [-0.15, -0.1) is 34.0 Å². The summed E-state index contributed by atoms with van der Waals surface area (Å²) in [6.45, 7) is 5.48. The van der Waals surface area contributed by atoms with Gasteiger partial charge in [0.2, 0.25) is 5.76 Å². The van der Waals surface area contributed by atoms with E-state index < -0.39 is 5.97 Å². The number of thiophene rings is 3. The van der Waals surface area contributed by atoms with Gasteiger partial charge in [0.1, 0.15) is 30.9 Å². The first kappa shape index (κ1) is 37.6. The second kappa shape index (κ2) is 15.1. The van der Waals surface area contributed by atoms with E-state index in [-0.39, 0.29) is 23.2 Å². The molecule has 0 radical (unpaired) electrons. The topological polar surface area (TPSA) is 133 Å². The number of fused-ring (bicyclic) bond motifs is 5. The molecule has 3 aromatic heterocycles.